The molecule has 1 fully saturated rings. The third-order valence-corrected chi connectivity index (χ3v) is 7.84. The normalized spacial score (nSPS) is 14.6. The summed E-state index contributed by atoms with van der Waals surface area (Å²) in [6.45, 7) is 0. The molecule has 2 heteroatoms. The molecule has 36 heavy (non-hydrogen) atoms. The average molecular weight is 468 g/mol. The van der Waals surface area contributed by atoms with Gasteiger partial charge in [-0.15, -0.1) is 0 Å². The topological polar surface area (TPSA) is 16.4 Å². The number of hydrogen-bond acceptors (Lipinski definition) is 2. The van der Waals surface area contributed by atoms with Gasteiger partial charge in [0.15, 0.2) is 0 Å². The quantitative estimate of drug-likeness (QED) is 0.256. The maximum Gasteiger partial charge on any atom is 0.136 e. The molecular formula is C34H29NO. The first-order valence-corrected chi connectivity index (χ1v) is 13.1. The standard InChI is InChI=1S/C34H29NO/c1-3-9-24(10-4-1)25-15-18-28(19-16-25)35(27-12-5-2-6-13-27)29-20-22-32-31(23-29)34-30-14-8-7-11-26(30)17-21-33(34)36-32/h2,5-8,11-24H,1,3-4,9-10H2. The molecule has 6 aromatic rings. The van der Waals surface area contributed by atoms with Crippen LogP contribution in [0.15, 0.2) is 114 Å². The van der Waals surface area contributed by atoms with Crippen LogP contribution in [0.5, 0.6) is 0 Å². The lowest BCUT2D eigenvalue weighted by atomic mass is 9.84. The van der Waals surface area contributed by atoms with Gasteiger partial charge in [-0.1, -0.05) is 79.9 Å². The fourth-order valence-corrected chi connectivity index (χ4v) is 6.03. The Hall–Kier alpha value is -4.04. The molecule has 1 aliphatic rings. The number of hydrogen-bond donors (Lipinski definition) is 0. The molecule has 0 radical (unpaired) electrons. The highest BCUT2D eigenvalue weighted by Gasteiger charge is 2.18. The fraction of sp³-hybridized carbons (Fsp3) is 0.176. The largest absolute Gasteiger partial charge is 0.456 e. The second-order valence-electron chi connectivity index (χ2n) is 10.0. The molecule has 0 atom stereocenters. The van der Waals surface area contributed by atoms with E-state index in [1.807, 2.05) is 0 Å². The Kier molecular flexibility index (Phi) is 5.24. The molecular weight excluding hydrogens is 438 g/mol. The molecule has 0 spiro atoms. The summed E-state index contributed by atoms with van der Waals surface area (Å²) in [5, 5.41) is 4.80. The molecule has 0 bridgehead atoms. The van der Waals surface area contributed by atoms with Crippen molar-refractivity contribution >= 4 is 49.8 Å². The lowest BCUT2D eigenvalue weighted by Gasteiger charge is -2.27. The molecule has 1 saturated carbocycles. The van der Waals surface area contributed by atoms with Gasteiger partial charge in [0.25, 0.3) is 0 Å². The summed E-state index contributed by atoms with van der Waals surface area (Å²) < 4.78 is 6.27. The number of furan rings is 1. The van der Waals surface area contributed by atoms with E-state index >= 15 is 0 Å². The Morgan fingerprint density at radius 1 is 0.556 bits per heavy atom. The van der Waals surface area contributed by atoms with Gasteiger partial charge >= 0.3 is 0 Å². The Labute approximate surface area is 211 Å². The van der Waals surface area contributed by atoms with Crippen molar-refractivity contribution in [3.63, 3.8) is 0 Å². The summed E-state index contributed by atoms with van der Waals surface area (Å²) in [4.78, 5) is 2.36. The molecule has 7 rings (SSSR count). The highest BCUT2D eigenvalue weighted by atomic mass is 16.3. The van der Waals surface area contributed by atoms with Crippen molar-refractivity contribution in [1.29, 1.82) is 0 Å². The van der Waals surface area contributed by atoms with Gasteiger partial charge in [-0.25, -0.2) is 0 Å². The van der Waals surface area contributed by atoms with E-state index in [1.54, 1.807) is 0 Å². The molecule has 2 nitrogen and oxygen atoms in total. The maximum absolute atomic E-state index is 6.27. The SMILES string of the molecule is c1ccc(N(c2ccc(C3CCCCC3)cc2)c2ccc3oc4ccc5ccccc5c4c3c2)cc1. The summed E-state index contributed by atoms with van der Waals surface area (Å²) in [5.41, 5.74) is 6.80. The van der Waals surface area contributed by atoms with Gasteiger partial charge in [0.1, 0.15) is 11.2 Å². The summed E-state index contributed by atoms with van der Waals surface area (Å²) in [5.74, 6) is 0.708. The first-order valence-electron chi connectivity index (χ1n) is 13.1. The number of fused-ring (bicyclic) bond motifs is 5. The van der Waals surface area contributed by atoms with Crippen LogP contribution in [0.1, 0.15) is 43.6 Å². The van der Waals surface area contributed by atoms with Gasteiger partial charge < -0.3 is 9.32 Å². The Bertz CT molecular complexity index is 1660. The van der Waals surface area contributed by atoms with Crippen molar-refractivity contribution in [3.8, 4) is 0 Å². The molecule has 0 aliphatic heterocycles. The van der Waals surface area contributed by atoms with Crippen LogP contribution in [0.3, 0.4) is 0 Å². The van der Waals surface area contributed by atoms with E-state index < -0.39 is 0 Å². The van der Waals surface area contributed by atoms with Crippen molar-refractivity contribution in [2.24, 2.45) is 0 Å². The number of rotatable bonds is 4. The van der Waals surface area contributed by atoms with Crippen LogP contribution >= 0.6 is 0 Å². The first-order chi connectivity index (χ1) is 17.8. The Morgan fingerprint density at radius 3 is 2.08 bits per heavy atom. The highest BCUT2D eigenvalue weighted by Crippen LogP contribution is 2.41. The molecule has 1 aromatic heterocycles. The molecule has 1 heterocycles. The van der Waals surface area contributed by atoms with Crippen LogP contribution in [0.2, 0.25) is 0 Å². The summed E-state index contributed by atoms with van der Waals surface area (Å²) in [7, 11) is 0. The average Bonchev–Trinajstić information content (AvgIpc) is 3.33. The molecule has 0 saturated heterocycles. The van der Waals surface area contributed by atoms with Crippen molar-refractivity contribution in [3.05, 3.63) is 115 Å². The second kappa shape index (κ2) is 8.87. The van der Waals surface area contributed by atoms with Crippen molar-refractivity contribution in [2.45, 2.75) is 38.0 Å². The lowest BCUT2D eigenvalue weighted by molar-refractivity contribution is 0.443. The van der Waals surface area contributed by atoms with Gasteiger partial charge in [-0.2, -0.15) is 0 Å². The van der Waals surface area contributed by atoms with E-state index in [-0.39, 0.29) is 0 Å². The summed E-state index contributed by atoms with van der Waals surface area (Å²) in [6, 6.07) is 39.3. The zero-order valence-corrected chi connectivity index (χ0v) is 20.4. The molecule has 0 unspecified atom stereocenters. The minimum atomic E-state index is 0.708. The number of nitrogens with zero attached hydrogens (tertiary/aromatic N) is 1. The predicted octanol–water partition coefficient (Wildman–Crippen LogP) is 10.3. The molecule has 176 valence electrons. The number of anilines is 3. The van der Waals surface area contributed by atoms with E-state index in [2.05, 4.69) is 114 Å². The van der Waals surface area contributed by atoms with E-state index in [4.69, 9.17) is 4.42 Å². The fourth-order valence-electron chi connectivity index (χ4n) is 6.03. The monoisotopic (exact) mass is 467 g/mol. The zero-order chi connectivity index (χ0) is 23.9. The number of benzene rings is 5. The van der Waals surface area contributed by atoms with Crippen LogP contribution < -0.4 is 4.90 Å². The van der Waals surface area contributed by atoms with Gasteiger partial charge in [-0.05, 0) is 83.6 Å². The van der Waals surface area contributed by atoms with Crippen LogP contribution in [0.25, 0.3) is 32.7 Å². The van der Waals surface area contributed by atoms with Crippen molar-refractivity contribution < 1.29 is 4.42 Å². The summed E-state index contributed by atoms with van der Waals surface area (Å²) >= 11 is 0. The second-order valence-corrected chi connectivity index (χ2v) is 10.0. The lowest BCUT2D eigenvalue weighted by Crippen LogP contribution is -2.10. The van der Waals surface area contributed by atoms with Crippen LogP contribution in [0, 0.1) is 0 Å². The smallest absolute Gasteiger partial charge is 0.136 e. The molecule has 0 N–H and O–H groups in total. The third-order valence-electron chi connectivity index (χ3n) is 7.84. The van der Waals surface area contributed by atoms with Crippen molar-refractivity contribution in [1.82, 2.24) is 0 Å². The van der Waals surface area contributed by atoms with E-state index in [9.17, 15) is 0 Å². The summed E-state index contributed by atoms with van der Waals surface area (Å²) in [6.07, 6.45) is 6.74. The van der Waals surface area contributed by atoms with Crippen molar-refractivity contribution in [2.75, 3.05) is 4.90 Å². The van der Waals surface area contributed by atoms with Gasteiger partial charge in [0.05, 0.1) is 0 Å². The van der Waals surface area contributed by atoms with Crippen LogP contribution in [-0.4, -0.2) is 0 Å². The molecule has 1 aliphatic carbocycles. The van der Waals surface area contributed by atoms with Gasteiger partial charge in [0, 0.05) is 27.8 Å². The van der Waals surface area contributed by atoms with Gasteiger partial charge in [0.2, 0.25) is 0 Å². The number of para-hydroxylation sites is 1. The van der Waals surface area contributed by atoms with Gasteiger partial charge in [-0.3, -0.25) is 0 Å². The highest BCUT2D eigenvalue weighted by molar-refractivity contribution is 6.19. The van der Waals surface area contributed by atoms with E-state index in [0.29, 0.717) is 5.92 Å². The zero-order valence-electron chi connectivity index (χ0n) is 20.4. The first kappa shape index (κ1) is 21.3. The third kappa shape index (κ3) is 3.65. The van der Waals surface area contributed by atoms with E-state index in [1.165, 1.54) is 59.5 Å². The van der Waals surface area contributed by atoms with E-state index in [0.717, 1.165) is 27.9 Å². The predicted molar refractivity (Wildman–Crippen MR) is 152 cm³/mol. The van der Waals surface area contributed by atoms with Crippen LogP contribution in [-0.2, 0) is 0 Å². The molecule has 0 amide bonds. The maximum atomic E-state index is 6.27. The van der Waals surface area contributed by atoms with Crippen LogP contribution in [0.4, 0.5) is 17.1 Å². The minimum absolute atomic E-state index is 0.708. The Balaban J connectivity index is 1.38. The Morgan fingerprint density at radius 2 is 1.25 bits per heavy atom. The minimum Gasteiger partial charge on any atom is -0.456 e. The molecule has 5 aromatic carbocycles.